The summed E-state index contributed by atoms with van der Waals surface area (Å²) < 4.78 is 21.8. The van der Waals surface area contributed by atoms with E-state index in [2.05, 4.69) is 18.7 Å². The van der Waals surface area contributed by atoms with Crippen LogP contribution in [-0.2, 0) is 18.9 Å². The number of aliphatic hydroxyl groups excluding tert-OH is 1. The molecule has 0 saturated carbocycles. The van der Waals surface area contributed by atoms with Gasteiger partial charge in [0.1, 0.15) is 0 Å². The molecular weight excluding hydrogens is 310 g/mol. The molecule has 0 amide bonds. The fourth-order valence-corrected chi connectivity index (χ4v) is 2.16. The van der Waals surface area contributed by atoms with Gasteiger partial charge in [-0.2, -0.15) is 0 Å². The quantitative estimate of drug-likeness (QED) is 0.339. The van der Waals surface area contributed by atoms with Gasteiger partial charge in [0, 0.05) is 19.7 Å². The summed E-state index contributed by atoms with van der Waals surface area (Å²) in [6.45, 7) is 12.4. The fraction of sp³-hybridized carbons (Fsp3) is 1.00. The SMILES string of the molecule is CCCCCN(CCOCCOCCC)CCOCCOCCO. The minimum Gasteiger partial charge on any atom is -0.394 e. The lowest BCUT2D eigenvalue weighted by molar-refractivity contribution is 0.0180. The molecule has 0 atom stereocenters. The lowest BCUT2D eigenvalue weighted by Crippen LogP contribution is -2.32. The average molecular weight is 350 g/mol. The van der Waals surface area contributed by atoms with E-state index in [1.54, 1.807) is 0 Å². The van der Waals surface area contributed by atoms with Crippen LogP contribution in [0.1, 0.15) is 39.5 Å². The number of rotatable bonds is 20. The van der Waals surface area contributed by atoms with Crippen LogP contribution in [0, 0.1) is 0 Å². The predicted octanol–water partition coefficient (Wildman–Crippen LogP) is 1.95. The highest BCUT2D eigenvalue weighted by Gasteiger charge is 2.05. The second kappa shape index (κ2) is 20.8. The van der Waals surface area contributed by atoms with Crippen molar-refractivity contribution in [1.29, 1.82) is 0 Å². The topological polar surface area (TPSA) is 60.4 Å². The molecule has 0 aliphatic carbocycles. The molecule has 0 bridgehead atoms. The Morgan fingerprint density at radius 3 is 1.62 bits per heavy atom. The van der Waals surface area contributed by atoms with E-state index >= 15 is 0 Å². The van der Waals surface area contributed by atoms with Crippen molar-refractivity contribution in [3.05, 3.63) is 0 Å². The first-order valence-electron chi connectivity index (χ1n) is 9.49. The van der Waals surface area contributed by atoms with E-state index < -0.39 is 0 Å². The second-order valence-corrected chi connectivity index (χ2v) is 5.72. The van der Waals surface area contributed by atoms with Gasteiger partial charge in [-0.25, -0.2) is 0 Å². The zero-order chi connectivity index (χ0) is 17.7. The molecule has 0 heterocycles. The summed E-state index contributed by atoms with van der Waals surface area (Å²) in [5, 5.41) is 8.62. The van der Waals surface area contributed by atoms with Crippen molar-refractivity contribution in [2.75, 3.05) is 79.1 Å². The lowest BCUT2D eigenvalue weighted by atomic mass is 10.2. The maximum absolute atomic E-state index is 8.62. The summed E-state index contributed by atoms with van der Waals surface area (Å²) in [5.41, 5.74) is 0. The number of aliphatic hydroxyl groups is 1. The molecule has 0 unspecified atom stereocenters. The number of ether oxygens (including phenoxy) is 4. The van der Waals surface area contributed by atoms with Gasteiger partial charge in [0.15, 0.2) is 0 Å². The molecule has 0 aromatic rings. The van der Waals surface area contributed by atoms with Crippen LogP contribution in [0.5, 0.6) is 0 Å². The number of hydrogen-bond donors (Lipinski definition) is 1. The van der Waals surface area contributed by atoms with Crippen molar-refractivity contribution in [2.24, 2.45) is 0 Å². The predicted molar refractivity (Wildman–Crippen MR) is 96.6 cm³/mol. The molecule has 146 valence electrons. The zero-order valence-electron chi connectivity index (χ0n) is 15.8. The molecule has 0 radical (unpaired) electrons. The normalized spacial score (nSPS) is 11.5. The highest BCUT2D eigenvalue weighted by molar-refractivity contribution is 4.58. The van der Waals surface area contributed by atoms with E-state index in [0.717, 1.165) is 39.3 Å². The molecule has 6 nitrogen and oxygen atoms in total. The van der Waals surface area contributed by atoms with Crippen molar-refractivity contribution in [2.45, 2.75) is 39.5 Å². The summed E-state index contributed by atoms with van der Waals surface area (Å²) in [6.07, 6.45) is 4.77. The van der Waals surface area contributed by atoms with Gasteiger partial charge in [0.2, 0.25) is 0 Å². The van der Waals surface area contributed by atoms with Crippen molar-refractivity contribution in [1.82, 2.24) is 4.90 Å². The third-order valence-corrected chi connectivity index (χ3v) is 3.51. The van der Waals surface area contributed by atoms with Gasteiger partial charge in [0.25, 0.3) is 0 Å². The Hall–Kier alpha value is -0.240. The highest BCUT2D eigenvalue weighted by Crippen LogP contribution is 1.99. The Labute approximate surface area is 148 Å². The van der Waals surface area contributed by atoms with Crippen molar-refractivity contribution >= 4 is 0 Å². The Balaban J connectivity index is 3.64. The van der Waals surface area contributed by atoms with Gasteiger partial charge >= 0.3 is 0 Å². The summed E-state index contributed by atoms with van der Waals surface area (Å²) in [7, 11) is 0. The Bertz CT molecular complexity index is 213. The fourth-order valence-electron chi connectivity index (χ4n) is 2.16. The maximum atomic E-state index is 8.62. The summed E-state index contributed by atoms with van der Waals surface area (Å²) >= 11 is 0. The van der Waals surface area contributed by atoms with Crippen molar-refractivity contribution in [3.63, 3.8) is 0 Å². The molecule has 1 N–H and O–H groups in total. The molecule has 6 heteroatoms. The van der Waals surface area contributed by atoms with Crippen LogP contribution in [-0.4, -0.2) is 89.1 Å². The van der Waals surface area contributed by atoms with Crippen LogP contribution < -0.4 is 0 Å². The van der Waals surface area contributed by atoms with Crippen LogP contribution in [0.25, 0.3) is 0 Å². The van der Waals surface area contributed by atoms with Gasteiger partial charge in [0.05, 0.1) is 52.9 Å². The van der Waals surface area contributed by atoms with Crippen LogP contribution in [0.4, 0.5) is 0 Å². The first-order valence-corrected chi connectivity index (χ1v) is 9.49. The Morgan fingerprint density at radius 1 is 0.583 bits per heavy atom. The first-order chi connectivity index (χ1) is 11.8. The van der Waals surface area contributed by atoms with Crippen molar-refractivity contribution in [3.8, 4) is 0 Å². The summed E-state index contributed by atoms with van der Waals surface area (Å²) in [5.74, 6) is 0. The molecule has 0 rings (SSSR count). The second-order valence-electron chi connectivity index (χ2n) is 5.72. The average Bonchev–Trinajstić information content (AvgIpc) is 2.59. The Kier molecular flexibility index (Phi) is 20.6. The van der Waals surface area contributed by atoms with E-state index in [-0.39, 0.29) is 6.61 Å². The highest BCUT2D eigenvalue weighted by atomic mass is 16.5. The molecule has 0 saturated heterocycles. The summed E-state index contributed by atoms with van der Waals surface area (Å²) in [6, 6.07) is 0. The van der Waals surface area contributed by atoms with Gasteiger partial charge in [-0.3, -0.25) is 4.90 Å². The molecule has 0 fully saturated rings. The molecule has 0 aromatic heterocycles. The van der Waals surface area contributed by atoms with Gasteiger partial charge in [-0.05, 0) is 19.4 Å². The minimum absolute atomic E-state index is 0.0642. The van der Waals surface area contributed by atoms with E-state index in [4.69, 9.17) is 24.1 Å². The standard InChI is InChI=1S/C18H39NO5/c1-3-5-6-7-19(8-12-22-16-15-21-11-4-2)9-13-23-17-18-24-14-10-20/h20H,3-18H2,1-2H3. The van der Waals surface area contributed by atoms with Crippen LogP contribution in [0.2, 0.25) is 0 Å². The summed E-state index contributed by atoms with van der Waals surface area (Å²) in [4.78, 5) is 2.40. The zero-order valence-corrected chi connectivity index (χ0v) is 15.8. The first kappa shape index (κ1) is 23.8. The van der Waals surface area contributed by atoms with Gasteiger partial charge in [-0.15, -0.1) is 0 Å². The van der Waals surface area contributed by atoms with Gasteiger partial charge in [-0.1, -0.05) is 26.7 Å². The minimum atomic E-state index is 0.0642. The number of nitrogens with zero attached hydrogens (tertiary/aromatic N) is 1. The van der Waals surface area contributed by atoms with E-state index in [1.165, 1.54) is 19.3 Å². The Morgan fingerprint density at radius 2 is 1.12 bits per heavy atom. The van der Waals surface area contributed by atoms with Crippen LogP contribution in [0.3, 0.4) is 0 Å². The van der Waals surface area contributed by atoms with Crippen molar-refractivity contribution < 1.29 is 24.1 Å². The van der Waals surface area contributed by atoms with Crippen LogP contribution in [0.15, 0.2) is 0 Å². The largest absolute Gasteiger partial charge is 0.394 e. The third-order valence-electron chi connectivity index (χ3n) is 3.51. The van der Waals surface area contributed by atoms with E-state index in [1.807, 2.05) is 0 Å². The van der Waals surface area contributed by atoms with Gasteiger partial charge < -0.3 is 24.1 Å². The maximum Gasteiger partial charge on any atom is 0.0701 e. The number of unbranched alkanes of at least 4 members (excludes halogenated alkanes) is 2. The number of hydrogen-bond acceptors (Lipinski definition) is 6. The monoisotopic (exact) mass is 349 g/mol. The molecule has 0 spiro atoms. The van der Waals surface area contributed by atoms with E-state index in [9.17, 15) is 0 Å². The molecular formula is C18H39NO5. The molecule has 0 aromatic carbocycles. The third kappa shape index (κ3) is 18.1. The van der Waals surface area contributed by atoms with E-state index in [0.29, 0.717) is 39.6 Å². The molecule has 0 aliphatic heterocycles. The lowest BCUT2D eigenvalue weighted by Gasteiger charge is -2.22. The molecule has 24 heavy (non-hydrogen) atoms. The van der Waals surface area contributed by atoms with Crippen LogP contribution >= 0.6 is 0 Å². The smallest absolute Gasteiger partial charge is 0.0701 e. The molecule has 0 aliphatic rings.